The van der Waals surface area contributed by atoms with Crippen LogP contribution in [0.2, 0.25) is 10.0 Å². The third kappa shape index (κ3) is 3.75. The molecular weight excluding hydrogens is 483 g/mol. The molecule has 1 fully saturated rings. The van der Waals surface area contributed by atoms with Crippen molar-refractivity contribution in [2.24, 2.45) is 0 Å². The molecule has 3 aromatic rings. The number of halogens is 2. The van der Waals surface area contributed by atoms with E-state index in [-0.39, 0.29) is 46.2 Å². The number of benzene rings is 3. The molecule has 1 aliphatic heterocycles. The molecule has 1 aliphatic carbocycles. The second kappa shape index (κ2) is 8.25. The lowest BCUT2D eigenvalue weighted by atomic mass is 9.84. The van der Waals surface area contributed by atoms with Crippen LogP contribution in [-0.2, 0) is 10.0 Å². The highest BCUT2D eigenvalue weighted by molar-refractivity contribution is 7.89. The second-order valence-electron chi connectivity index (χ2n) is 7.90. The smallest absolute Gasteiger partial charge is 0.243 e. The number of hydrogen-bond donors (Lipinski definition) is 0. The molecule has 1 saturated heterocycles. The molecule has 5 rings (SSSR count). The second-order valence-corrected chi connectivity index (χ2v) is 10.7. The van der Waals surface area contributed by atoms with E-state index in [1.807, 2.05) is 4.90 Å². The van der Waals surface area contributed by atoms with E-state index >= 15 is 0 Å². The van der Waals surface area contributed by atoms with Crippen LogP contribution in [0.4, 0.5) is 5.69 Å². The van der Waals surface area contributed by atoms with Gasteiger partial charge in [0, 0.05) is 53.5 Å². The topological polar surface area (TPSA) is 74.8 Å². The molecule has 0 N–H and O–H groups in total. The first-order chi connectivity index (χ1) is 15.8. The van der Waals surface area contributed by atoms with Gasteiger partial charge in [-0.2, -0.15) is 4.31 Å². The van der Waals surface area contributed by atoms with E-state index in [1.54, 1.807) is 42.5 Å². The van der Waals surface area contributed by atoms with Crippen LogP contribution >= 0.6 is 23.2 Å². The first-order valence-corrected chi connectivity index (χ1v) is 12.5. The predicted molar refractivity (Wildman–Crippen MR) is 127 cm³/mol. The van der Waals surface area contributed by atoms with Crippen LogP contribution in [-0.4, -0.2) is 50.5 Å². The van der Waals surface area contributed by atoms with Gasteiger partial charge in [-0.05, 0) is 36.4 Å². The van der Waals surface area contributed by atoms with E-state index in [2.05, 4.69) is 0 Å². The summed E-state index contributed by atoms with van der Waals surface area (Å²) in [6, 6.07) is 15.9. The molecule has 33 heavy (non-hydrogen) atoms. The van der Waals surface area contributed by atoms with Crippen LogP contribution in [0.5, 0.6) is 0 Å². The molecule has 1 heterocycles. The maximum atomic E-state index is 13.3. The third-order valence-corrected chi connectivity index (χ3v) is 8.47. The summed E-state index contributed by atoms with van der Waals surface area (Å²) in [6.45, 7) is 1.37. The monoisotopic (exact) mass is 500 g/mol. The molecule has 6 nitrogen and oxygen atoms in total. The Labute approximate surface area is 201 Å². The van der Waals surface area contributed by atoms with Gasteiger partial charge < -0.3 is 4.90 Å². The molecule has 0 bridgehead atoms. The summed E-state index contributed by atoms with van der Waals surface area (Å²) in [5.74, 6) is -0.631. The summed E-state index contributed by atoms with van der Waals surface area (Å²) < 4.78 is 28.1. The summed E-state index contributed by atoms with van der Waals surface area (Å²) in [5, 5.41) is 1.10. The largest absolute Gasteiger partial charge is 0.368 e. The summed E-state index contributed by atoms with van der Waals surface area (Å²) >= 11 is 12.4. The van der Waals surface area contributed by atoms with Gasteiger partial charge in [0.15, 0.2) is 11.6 Å². The van der Waals surface area contributed by atoms with Crippen molar-refractivity contribution in [3.05, 3.63) is 93.0 Å². The molecule has 0 saturated carbocycles. The maximum Gasteiger partial charge on any atom is 0.243 e. The number of rotatable bonds is 3. The van der Waals surface area contributed by atoms with Crippen LogP contribution in [0.3, 0.4) is 0 Å². The number of ketones is 2. The van der Waals surface area contributed by atoms with Crippen LogP contribution in [0.25, 0.3) is 0 Å². The normalized spacial score (nSPS) is 16.5. The number of carbonyl (C=O) groups is 2. The number of sulfonamides is 1. The minimum atomic E-state index is -3.85. The molecule has 0 aromatic heterocycles. The Morgan fingerprint density at radius 3 is 1.97 bits per heavy atom. The maximum absolute atomic E-state index is 13.3. The molecule has 0 unspecified atom stereocenters. The van der Waals surface area contributed by atoms with Crippen LogP contribution < -0.4 is 4.90 Å². The van der Waals surface area contributed by atoms with E-state index in [9.17, 15) is 18.0 Å². The molecule has 9 heteroatoms. The Morgan fingerprint density at radius 2 is 1.30 bits per heavy atom. The zero-order valence-corrected chi connectivity index (χ0v) is 19.6. The van der Waals surface area contributed by atoms with Gasteiger partial charge in [0.1, 0.15) is 0 Å². The fraction of sp³-hybridized carbons (Fsp3) is 0.167. The standard InChI is InChI=1S/C24H18Cl2N2O4S/c25-15-5-8-21(26)22(13-15)27-9-11-28(12-10-27)33(31,32)16-6-7-19-20(14-16)24(30)18-4-2-1-3-17(18)23(19)29/h1-8,13-14H,9-12H2. The van der Waals surface area contributed by atoms with Crippen molar-refractivity contribution < 1.29 is 18.0 Å². The first-order valence-electron chi connectivity index (χ1n) is 10.3. The lowest BCUT2D eigenvalue weighted by molar-refractivity contribution is 0.0979. The van der Waals surface area contributed by atoms with Crippen molar-refractivity contribution in [2.75, 3.05) is 31.1 Å². The Morgan fingerprint density at radius 1 is 0.697 bits per heavy atom. The minimum absolute atomic E-state index is 0.00369. The molecule has 2 aliphatic rings. The molecule has 0 amide bonds. The number of anilines is 1. The Kier molecular flexibility index (Phi) is 5.53. The van der Waals surface area contributed by atoms with Crippen LogP contribution in [0.15, 0.2) is 65.6 Å². The quantitative estimate of drug-likeness (QED) is 0.419. The van der Waals surface area contributed by atoms with E-state index in [1.165, 1.54) is 22.5 Å². The molecule has 0 atom stereocenters. The van der Waals surface area contributed by atoms with Gasteiger partial charge >= 0.3 is 0 Å². The zero-order valence-electron chi connectivity index (χ0n) is 17.3. The fourth-order valence-corrected chi connectivity index (χ4v) is 6.14. The lowest BCUT2D eigenvalue weighted by Crippen LogP contribution is -2.48. The van der Waals surface area contributed by atoms with Crippen LogP contribution in [0, 0.1) is 0 Å². The summed E-state index contributed by atoms with van der Waals surface area (Å²) in [6.07, 6.45) is 0. The number of fused-ring (bicyclic) bond motifs is 2. The average molecular weight is 501 g/mol. The highest BCUT2D eigenvalue weighted by Crippen LogP contribution is 2.32. The number of piperazine rings is 1. The highest BCUT2D eigenvalue weighted by atomic mass is 35.5. The SMILES string of the molecule is O=C1c2ccccc2C(=O)c2cc(S(=O)(=O)N3CCN(c4cc(Cl)ccc4Cl)CC3)ccc21. The summed E-state index contributed by atoms with van der Waals surface area (Å²) in [7, 11) is -3.85. The number of carbonyl (C=O) groups excluding carboxylic acids is 2. The van der Waals surface area contributed by atoms with Crippen molar-refractivity contribution in [2.45, 2.75) is 4.90 Å². The van der Waals surface area contributed by atoms with E-state index in [0.29, 0.717) is 28.7 Å². The van der Waals surface area contributed by atoms with Gasteiger partial charge in [-0.15, -0.1) is 0 Å². The van der Waals surface area contributed by atoms with E-state index in [0.717, 1.165) is 5.69 Å². The van der Waals surface area contributed by atoms with Gasteiger partial charge in [0.2, 0.25) is 10.0 Å². The van der Waals surface area contributed by atoms with Gasteiger partial charge in [0.25, 0.3) is 0 Å². The fourth-order valence-electron chi connectivity index (χ4n) is 4.29. The van der Waals surface area contributed by atoms with Gasteiger partial charge in [-0.25, -0.2) is 8.42 Å². The molecular formula is C24H18Cl2N2O4S. The van der Waals surface area contributed by atoms with Crippen molar-refractivity contribution in [3.8, 4) is 0 Å². The minimum Gasteiger partial charge on any atom is -0.368 e. The third-order valence-electron chi connectivity index (χ3n) is 6.02. The van der Waals surface area contributed by atoms with Crippen molar-refractivity contribution in [1.29, 1.82) is 0 Å². The predicted octanol–water partition coefficient (Wildman–Crippen LogP) is 4.28. The molecule has 0 spiro atoms. The molecule has 3 aromatic carbocycles. The summed E-state index contributed by atoms with van der Waals surface area (Å²) in [4.78, 5) is 27.8. The number of hydrogen-bond acceptors (Lipinski definition) is 5. The highest BCUT2D eigenvalue weighted by Gasteiger charge is 2.33. The van der Waals surface area contributed by atoms with Crippen molar-refractivity contribution >= 4 is 50.5 Å². The summed E-state index contributed by atoms with van der Waals surface area (Å²) in [5.41, 5.74) is 1.72. The van der Waals surface area contributed by atoms with E-state index in [4.69, 9.17) is 23.2 Å². The van der Waals surface area contributed by atoms with Gasteiger partial charge in [-0.3, -0.25) is 9.59 Å². The molecule has 0 radical (unpaired) electrons. The number of nitrogens with zero attached hydrogens (tertiary/aromatic N) is 2. The van der Waals surface area contributed by atoms with E-state index < -0.39 is 10.0 Å². The van der Waals surface area contributed by atoms with Crippen LogP contribution in [0.1, 0.15) is 31.8 Å². The van der Waals surface area contributed by atoms with Crippen molar-refractivity contribution in [3.63, 3.8) is 0 Å². The van der Waals surface area contributed by atoms with Crippen molar-refractivity contribution in [1.82, 2.24) is 4.31 Å². The Balaban J connectivity index is 1.41. The first kappa shape index (κ1) is 22.1. The van der Waals surface area contributed by atoms with Gasteiger partial charge in [-0.1, -0.05) is 47.5 Å². The zero-order chi connectivity index (χ0) is 23.3. The van der Waals surface area contributed by atoms with Gasteiger partial charge in [0.05, 0.1) is 15.6 Å². The Hall–Kier alpha value is -2.71. The lowest BCUT2D eigenvalue weighted by Gasteiger charge is -2.36. The average Bonchev–Trinajstić information content (AvgIpc) is 2.84. The molecule has 168 valence electrons. The Bertz CT molecular complexity index is 1410.